The molecule has 1 fully saturated rings. The maximum atomic E-state index is 11.6. The summed E-state index contributed by atoms with van der Waals surface area (Å²) in [6.07, 6.45) is 1.17. The molecule has 102 valence electrons. The van der Waals surface area contributed by atoms with Gasteiger partial charge in [-0.3, -0.25) is 0 Å². The van der Waals surface area contributed by atoms with Gasteiger partial charge in [0.2, 0.25) is 0 Å². The molecule has 0 aromatic heterocycles. The second kappa shape index (κ2) is 5.30. The number of urea groups is 1. The summed E-state index contributed by atoms with van der Waals surface area (Å²) in [4.78, 5) is 22.5. The first-order chi connectivity index (χ1) is 8.97. The number of rotatable bonds is 4. The molecule has 0 bridgehead atoms. The monoisotopic (exact) mass is 262 g/mol. The fourth-order valence-electron chi connectivity index (χ4n) is 2.06. The zero-order valence-corrected chi connectivity index (χ0v) is 11.1. The molecular formula is C14H18N2O3. The van der Waals surface area contributed by atoms with Crippen molar-refractivity contribution in [2.75, 3.05) is 11.9 Å². The van der Waals surface area contributed by atoms with E-state index in [9.17, 15) is 9.59 Å². The number of hydrogen-bond acceptors (Lipinski definition) is 2. The van der Waals surface area contributed by atoms with Crippen LogP contribution in [-0.2, 0) is 0 Å². The number of amides is 2. The van der Waals surface area contributed by atoms with Crippen molar-refractivity contribution in [1.82, 2.24) is 5.32 Å². The number of aromatic carboxylic acids is 1. The van der Waals surface area contributed by atoms with E-state index in [2.05, 4.69) is 17.6 Å². The number of carboxylic acid groups (broad SMARTS) is 1. The highest BCUT2D eigenvalue weighted by molar-refractivity contribution is 5.92. The molecule has 0 aliphatic heterocycles. The summed E-state index contributed by atoms with van der Waals surface area (Å²) in [5.41, 5.74) is 1.47. The van der Waals surface area contributed by atoms with Crippen molar-refractivity contribution in [3.63, 3.8) is 0 Å². The van der Waals surface area contributed by atoms with Crippen molar-refractivity contribution in [1.29, 1.82) is 0 Å². The zero-order valence-electron chi connectivity index (χ0n) is 11.1. The van der Waals surface area contributed by atoms with Crippen molar-refractivity contribution in [3.05, 3.63) is 29.3 Å². The van der Waals surface area contributed by atoms with Crippen LogP contribution in [0.2, 0.25) is 0 Å². The van der Waals surface area contributed by atoms with Gasteiger partial charge in [-0.15, -0.1) is 0 Å². The lowest BCUT2D eigenvalue weighted by Gasteiger charge is -2.09. The van der Waals surface area contributed by atoms with Crippen molar-refractivity contribution < 1.29 is 14.7 Å². The lowest BCUT2D eigenvalue weighted by molar-refractivity contribution is 0.0696. The molecule has 2 atom stereocenters. The van der Waals surface area contributed by atoms with E-state index < -0.39 is 5.97 Å². The number of nitrogens with one attached hydrogen (secondary N) is 2. The van der Waals surface area contributed by atoms with Gasteiger partial charge in [-0.05, 0) is 48.9 Å². The average Bonchev–Trinajstić information content (AvgIpc) is 3.02. The van der Waals surface area contributed by atoms with E-state index in [1.165, 1.54) is 12.5 Å². The molecule has 1 aliphatic rings. The Labute approximate surface area is 112 Å². The molecule has 0 saturated heterocycles. The molecule has 19 heavy (non-hydrogen) atoms. The summed E-state index contributed by atoms with van der Waals surface area (Å²) in [6, 6.07) is 4.50. The van der Waals surface area contributed by atoms with E-state index in [-0.39, 0.29) is 11.6 Å². The van der Waals surface area contributed by atoms with Crippen LogP contribution in [-0.4, -0.2) is 23.7 Å². The van der Waals surface area contributed by atoms with E-state index in [1.807, 2.05) is 0 Å². The van der Waals surface area contributed by atoms with Crippen molar-refractivity contribution in [3.8, 4) is 0 Å². The third-order valence-electron chi connectivity index (χ3n) is 3.52. The molecule has 1 aliphatic carbocycles. The number of aryl methyl sites for hydroxylation is 1. The standard InChI is InChI=1S/C14H18N2O3/c1-8-5-10(8)7-15-14(19)16-11-3-4-12(13(17)18)9(2)6-11/h3-4,6,8,10H,5,7H2,1-2H3,(H,17,18)(H2,15,16,19). The van der Waals surface area contributed by atoms with Gasteiger partial charge in [0.15, 0.2) is 0 Å². The fraction of sp³-hybridized carbons (Fsp3) is 0.429. The first-order valence-corrected chi connectivity index (χ1v) is 6.36. The molecular weight excluding hydrogens is 244 g/mol. The van der Waals surface area contributed by atoms with Crippen LogP contribution < -0.4 is 10.6 Å². The Hall–Kier alpha value is -2.04. The quantitative estimate of drug-likeness (QED) is 0.780. The Morgan fingerprint density at radius 3 is 2.63 bits per heavy atom. The van der Waals surface area contributed by atoms with Gasteiger partial charge in [-0.2, -0.15) is 0 Å². The molecule has 0 radical (unpaired) electrons. The lowest BCUT2D eigenvalue weighted by Crippen LogP contribution is -2.30. The lowest BCUT2D eigenvalue weighted by atomic mass is 10.1. The topological polar surface area (TPSA) is 78.4 Å². The minimum absolute atomic E-state index is 0.248. The van der Waals surface area contributed by atoms with Crippen molar-refractivity contribution in [2.45, 2.75) is 20.3 Å². The molecule has 2 rings (SSSR count). The van der Waals surface area contributed by atoms with Gasteiger partial charge in [0.1, 0.15) is 0 Å². The van der Waals surface area contributed by atoms with Gasteiger partial charge >= 0.3 is 12.0 Å². The smallest absolute Gasteiger partial charge is 0.335 e. The highest BCUT2D eigenvalue weighted by Gasteiger charge is 2.32. The van der Waals surface area contributed by atoms with E-state index in [4.69, 9.17) is 5.11 Å². The fourth-order valence-corrected chi connectivity index (χ4v) is 2.06. The third-order valence-corrected chi connectivity index (χ3v) is 3.52. The minimum atomic E-state index is -0.962. The molecule has 2 unspecified atom stereocenters. The number of carbonyl (C=O) groups is 2. The normalized spacial score (nSPS) is 20.7. The van der Waals surface area contributed by atoms with Gasteiger partial charge in [-0.25, -0.2) is 9.59 Å². The minimum Gasteiger partial charge on any atom is -0.478 e. The Morgan fingerprint density at radius 1 is 1.42 bits per heavy atom. The molecule has 0 heterocycles. The summed E-state index contributed by atoms with van der Waals surface area (Å²) in [5, 5.41) is 14.4. The van der Waals surface area contributed by atoms with Crippen LogP contribution in [0.15, 0.2) is 18.2 Å². The van der Waals surface area contributed by atoms with Crippen LogP contribution in [0.4, 0.5) is 10.5 Å². The SMILES string of the molecule is Cc1cc(NC(=O)NCC2CC2C)ccc1C(=O)O. The van der Waals surface area contributed by atoms with Gasteiger partial charge in [0.05, 0.1) is 5.56 Å². The summed E-state index contributed by atoms with van der Waals surface area (Å²) in [5.74, 6) is 0.343. The van der Waals surface area contributed by atoms with E-state index in [1.54, 1.807) is 19.1 Å². The first kappa shape index (κ1) is 13.4. The third kappa shape index (κ3) is 3.47. The maximum Gasteiger partial charge on any atom is 0.335 e. The Kier molecular flexibility index (Phi) is 3.74. The van der Waals surface area contributed by atoms with Gasteiger partial charge in [0, 0.05) is 12.2 Å². The zero-order chi connectivity index (χ0) is 14.0. The summed E-state index contributed by atoms with van der Waals surface area (Å²) in [7, 11) is 0. The second-order valence-electron chi connectivity index (χ2n) is 5.14. The molecule has 3 N–H and O–H groups in total. The molecule has 5 nitrogen and oxygen atoms in total. The van der Waals surface area contributed by atoms with Crippen LogP contribution >= 0.6 is 0 Å². The van der Waals surface area contributed by atoms with Gasteiger partial charge < -0.3 is 15.7 Å². The van der Waals surface area contributed by atoms with Gasteiger partial charge in [0.25, 0.3) is 0 Å². The summed E-state index contributed by atoms with van der Waals surface area (Å²) >= 11 is 0. The van der Waals surface area contributed by atoms with Crippen molar-refractivity contribution >= 4 is 17.7 Å². The molecule has 2 amide bonds. The molecule has 1 aromatic carbocycles. The van der Waals surface area contributed by atoms with Crippen LogP contribution in [0.3, 0.4) is 0 Å². The molecule has 1 saturated carbocycles. The maximum absolute atomic E-state index is 11.6. The molecule has 1 aromatic rings. The van der Waals surface area contributed by atoms with Gasteiger partial charge in [-0.1, -0.05) is 6.92 Å². The van der Waals surface area contributed by atoms with Crippen molar-refractivity contribution in [2.24, 2.45) is 11.8 Å². The molecule has 0 spiro atoms. The Morgan fingerprint density at radius 2 is 2.11 bits per heavy atom. The Balaban J connectivity index is 1.89. The predicted molar refractivity (Wildman–Crippen MR) is 72.4 cm³/mol. The largest absolute Gasteiger partial charge is 0.478 e. The molecule has 5 heteroatoms. The number of anilines is 1. The average molecular weight is 262 g/mol. The number of benzene rings is 1. The highest BCUT2D eigenvalue weighted by atomic mass is 16.4. The first-order valence-electron chi connectivity index (χ1n) is 6.36. The van der Waals surface area contributed by atoms with Crippen LogP contribution in [0.5, 0.6) is 0 Å². The summed E-state index contributed by atoms with van der Waals surface area (Å²) < 4.78 is 0. The highest BCUT2D eigenvalue weighted by Crippen LogP contribution is 2.36. The van der Waals surface area contributed by atoms with Crippen LogP contribution in [0.25, 0.3) is 0 Å². The summed E-state index contributed by atoms with van der Waals surface area (Å²) in [6.45, 7) is 4.57. The van der Waals surface area contributed by atoms with Crippen LogP contribution in [0, 0.1) is 18.8 Å². The Bertz CT molecular complexity index is 513. The second-order valence-corrected chi connectivity index (χ2v) is 5.14. The number of carbonyl (C=O) groups excluding carboxylic acids is 1. The van der Waals surface area contributed by atoms with E-state index >= 15 is 0 Å². The van der Waals surface area contributed by atoms with E-state index in [0.29, 0.717) is 29.6 Å². The number of carboxylic acids is 1. The van der Waals surface area contributed by atoms with Crippen LogP contribution in [0.1, 0.15) is 29.3 Å². The van der Waals surface area contributed by atoms with E-state index in [0.717, 1.165) is 0 Å². The number of hydrogen-bond donors (Lipinski definition) is 3. The predicted octanol–water partition coefficient (Wildman–Crippen LogP) is 2.47.